The highest BCUT2D eigenvalue weighted by Gasteiger charge is 2.34. The minimum Gasteiger partial charge on any atom is -0.507 e. The maximum atomic E-state index is 12.9. The highest BCUT2D eigenvalue weighted by molar-refractivity contribution is 5.91. The number of halogens is 1. The summed E-state index contributed by atoms with van der Waals surface area (Å²) in [6.07, 6.45) is 0. The molecule has 1 fully saturated rings. The van der Waals surface area contributed by atoms with Gasteiger partial charge in [0.1, 0.15) is 5.75 Å². The molecule has 2 N–H and O–H groups in total. The molecule has 0 radical (unpaired) electrons. The quantitative estimate of drug-likeness (QED) is 0.720. The number of aromatic nitrogens is 3. The van der Waals surface area contributed by atoms with Crippen molar-refractivity contribution in [2.75, 3.05) is 13.1 Å². The number of phenols is 1. The molecule has 1 amide bonds. The first-order valence-corrected chi connectivity index (χ1v) is 7.81. The van der Waals surface area contributed by atoms with Crippen LogP contribution in [0.15, 0.2) is 48.8 Å². The number of carbonyl (C=O) groups excluding carboxylic acids is 1. The van der Waals surface area contributed by atoms with Gasteiger partial charge in [0.25, 0.3) is 5.91 Å². The van der Waals surface area contributed by atoms with E-state index in [1.54, 1.807) is 18.2 Å². The van der Waals surface area contributed by atoms with Gasteiger partial charge in [0.2, 0.25) is 0 Å². The molecule has 25 heavy (non-hydrogen) atoms. The third-order valence-corrected chi connectivity index (χ3v) is 4.42. The van der Waals surface area contributed by atoms with Crippen molar-refractivity contribution in [2.24, 2.45) is 0 Å². The van der Waals surface area contributed by atoms with E-state index in [9.17, 15) is 14.3 Å². The number of aromatic hydroxyl groups is 1. The Labute approximate surface area is 142 Å². The molecule has 2 aromatic heterocycles. The number of aromatic amines is 1. The summed E-state index contributed by atoms with van der Waals surface area (Å²) in [6.45, 7) is 3.91. The summed E-state index contributed by atoms with van der Waals surface area (Å²) in [7, 11) is 0. The first-order valence-electron chi connectivity index (χ1n) is 7.81. The Morgan fingerprint density at radius 1 is 1.28 bits per heavy atom. The molecule has 3 aromatic rings. The van der Waals surface area contributed by atoms with Crippen LogP contribution >= 0.6 is 0 Å². The SMILES string of the molecule is C=C(F)C(=O)N1CC(c2cc3cc(-c4ccccc4O)nnc3[nH]2)C1. The number of nitrogens with zero attached hydrogens (tertiary/aromatic N) is 3. The number of likely N-dealkylation sites (tertiary alicyclic amines) is 1. The normalized spacial score (nSPS) is 14.5. The number of carbonyl (C=O) groups is 1. The summed E-state index contributed by atoms with van der Waals surface area (Å²) >= 11 is 0. The first kappa shape index (κ1) is 15.3. The lowest BCUT2D eigenvalue weighted by Crippen LogP contribution is -2.48. The van der Waals surface area contributed by atoms with Crippen molar-refractivity contribution in [3.63, 3.8) is 0 Å². The number of hydrogen-bond acceptors (Lipinski definition) is 4. The molecule has 1 aliphatic rings. The molecule has 0 aliphatic carbocycles. The van der Waals surface area contributed by atoms with E-state index in [1.165, 1.54) is 4.90 Å². The number of phenolic OH excluding ortho intramolecular Hbond substituents is 1. The lowest BCUT2D eigenvalue weighted by Gasteiger charge is -2.38. The number of benzene rings is 1. The van der Waals surface area contributed by atoms with Gasteiger partial charge in [-0.2, -0.15) is 0 Å². The highest BCUT2D eigenvalue weighted by atomic mass is 19.1. The number of para-hydroxylation sites is 1. The maximum absolute atomic E-state index is 12.9. The van der Waals surface area contributed by atoms with Crippen LogP contribution in [-0.4, -0.2) is 44.2 Å². The van der Waals surface area contributed by atoms with Gasteiger partial charge in [-0.05, 0) is 24.3 Å². The standard InChI is InChI=1S/C18H15FN4O2/c1-10(19)18(25)23-8-12(9-23)14-6-11-7-15(21-22-17(11)20-14)13-4-2-3-5-16(13)24/h2-7,12,24H,1,8-9H2,(H,20,22). The summed E-state index contributed by atoms with van der Waals surface area (Å²) in [5.74, 6) is -1.35. The van der Waals surface area contributed by atoms with E-state index in [2.05, 4.69) is 21.8 Å². The van der Waals surface area contributed by atoms with Crippen LogP contribution in [-0.2, 0) is 4.79 Å². The average Bonchev–Trinajstić information content (AvgIpc) is 2.96. The van der Waals surface area contributed by atoms with Gasteiger partial charge >= 0.3 is 0 Å². The molecular weight excluding hydrogens is 323 g/mol. The van der Waals surface area contributed by atoms with E-state index in [1.807, 2.05) is 18.2 Å². The molecule has 0 spiro atoms. The van der Waals surface area contributed by atoms with Crippen molar-refractivity contribution in [3.05, 3.63) is 54.5 Å². The molecule has 7 heteroatoms. The number of fused-ring (bicyclic) bond motifs is 1. The van der Waals surface area contributed by atoms with Crippen LogP contribution in [0.25, 0.3) is 22.3 Å². The van der Waals surface area contributed by atoms with E-state index < -0.39 is 11.7 Å². The minimum atomic E-state index is -0.937. The van der Waals surface area contributed by atoms with Crippen molar-refractivity contribution in [1.29, 1.82) is 0 Å². The summed E-state index contributed by atoms with van der Waals surface area (Å²) in [4.78, 5) is 16.1. The first-order chi connectivity index (χ1) is 12.0. The largest absolute Gasteiger partial charge is 0.507 e. The predicted molar refractivity (Wildman–Crippen MR) is 90.6 cm³/mol. The smallest absolute Gasteiger partial charge is 0.282 e. The van der Waals surface area contributed by atoms with Gasteiger partial charge in [-0.3, -0.25) is 4.79 Å². The summed E-state index contributed by atoms with van der Waals surface area (Å²) in [5.41, 5.74) is 2.75. The highest BCUT2D eigenvalue weighted by Crippen LogP contribution is 2.32. The van der Waals surface area contributed by atoms with Crippen molar-refractivity contribution >= 4 is 16.9 Å². The van der Waals surface area contributed by atoms with Gasteiger partial charge in [0.15, 0.2) is 11.5 Å². The molecule has 6 nitrogen and oxygen atoms in total. The molecule has 0 bridgehead atoms. The fourth-order valence-corrected chi connectivity index (χ4v) is 3.01. The van der Waals surface area contributed by atoms with E-state index >= 15 is 0 Å². The van der Waals surface area contributed by atoms with Crippen molar-refractivity contribution < 1.29 is 14.3 Å². The van der Waals surface area contributed by atoms with Gasteiger partial charge in [-0.1, -0.05) is 18.7 Å². The minimum absolute atomic E-state index is 0.103. The average molecular weight is 338 g/mol. The summed E-state index contributed by atoms with van der Waals surface area (Å²) < 4.78 is 12.9. The van der Waals surface area contributed by atoms with Crippen LogP contribution in [0.4, 0.5) is 4.39 Å². The molecule has 3 heterocycles. The fourth-order valence-electron chi connectivity index (χ4n) is 3.01. The Bertz CT molecular complexity index is 992. The summed E-state index contributed by atoms with van der Waals surface area (Å²) in [6, 6.07) is 10.7. The lowest BCUT2D eigenvalue weighted by atomic mass is 9.96. The lowest BCUT2D eigenvalue weighted by molar-refractivity contribution is -0.133. The van der Waals surface area contributed by atoms with Crippen LogP contribution in [0, 0.1) is 0 Å². The molecule has 1 aliphatic heterocycles. The second kappa shape index (κ2) is 5.70. The molecule has 1 aromatic carbocycles. The van der Waals surface area contributed by atoms with E-state index in [0.29, 0.717) is 30.0 Å². The van der Waals surface area contributed by atoms with Gasteiger partial charge in [0, 0.05) is 35.7 Å². The van der Waals surface area contributed by atoms with Gasteiger partial charge in [-0.25, -0.2) is 4.39 Å². The zero-order valence-corrected chi connectivity index (χ0v) is 13.2. The number of nitrogens with one attached hydrogen (secondary N) is 1. The second-order valence-corrected chi connectivity index (χ2v) is 6.09. The van der Waals surface area contributed by atoms with E-state index in [-0.39, 0.29) is 11.7 Å². The Hall–Kier alpha value is -3.22. The number of hydrogen-bond donors (Lipinski definition) is 2. The molecule has 0 saturated carbocycles. The topological polar surface area (TPSA) is 82.1 Å². The number of H-pyrrole nitrogens is 1. The molecule has 4 rings (SSSR count). The van der Waals surface area contributed by atoms with Crippen molar-refractivity contribution in [1.82, 2.24) is 20.1 Å². The fraction of sp³-hybridized carbons (Fsp3) is 0.167. The van der Waals surface area contributed by atoms with E-state index in [4.69, 9.17) is 0 Å². The van der Waals surface area contributed by atoms with Gasteiger partial charge < -0.3 is 15.0 Å². The monoisotopic (exact) mass is 338 g/mol. The Morgan fingerprint density at radius 3 is 2.76 bits per heavy atom. The zero-order valence-electron chi connectivity index (χ0n) is 13.2. The predicted octanol–water partition coefficient (Wildman–Crippen LogP) is 2.74. The third kappa shape index (κ3) is 2.63. The Balaban J connectivity index is 1.59. The Morgan fingerprint density at radius 2 is 2.04 bits per heavy atom. The van der Waals surface area contributed by atoms with E-state index in [0.717, 1.165) is 11.1 Å². The van der Waals surface area contributed by atoms with Crippen LogP contribution in [0.2, 0.25) is 0 Å². The number of rotatable bonds is 3. The maximum Gasteiger partial charge on any atom is 0.282 e. The zero-order chi connectivity index (χ0) is 17.6. The molecule has 126 valence electrons. The van der Waals surface area contributed by atoms with Gasteiger partial charge in [0.05, 0.1) is 5.69 Å². The summed E-state index contributed by atoms with van der Waals surface area (Å²) in [5, 5.41) is 19.1. The van der Waals surface area contributed by atoms with Crippen molar-refractivity contribution in [3.8, 4) is 17.0 Å². The van der Waals surface area contributed by atoms with Crippen LogP contribution in [0.1, 0.15) is 11.6 Å². The van der Waals surface area contributed by atoms with Crippen LogP contribution in [0.3, 0.4) is 0 Å². The molecular formula is C18H15FN4O2. The molecule has 0 atom stereocenters. The molecule has 1 saturated heterocycles. The number of amides is 1. The third-order valence-electron chi connectivity index (χ3n) is 4.42. The second-order valence-electron chi connectivity index (χ2n) is 6.09. The van der Waals surface area contributed by atoms with Crippen LogP contribution < -0.4 is 0 Å². The van der Waals surface area contributed by atoms with Gasteiger partial charge in [-0.15, -0.1) is 10.2 Å². The Kier molecular flexibility index (Phi) is 3.49. The van der Waals surface area contributed by atoms with Crippen LogP contribution in [0.5, 0.6) is 5.75 Å². The molecule has 0 unspecified atom stereocenters. The van der Waals surface area contributed by atoms with Crippen molar-refractivity contribution in [2.45, 2.75) is 5.92 Å².